The summed E-state index contributed by atoms with van der Waals surface area (Å²) in [5, 5.41) is 51.9. The van der Waals surface area contributed by atoms with Crippen molar-refractivity contribution in [2.24, 2.45) is 0 Å². The van der Waals surface area contributed by atoms with Gasteiger partial charge in [0.25, 0.3) is 0 Å². The highest BCUT2D eigenvalue weighted by atomic mass is 16.6. The zero-order chi connectivity index (χ0) is 49.6. The molecule has 6 N–H and O–H groups in total. The fraction of sp³-hybridized carbons (Fsp3) is 0.116. The predicted octanol–water partition coefficient (Wildman–Crippen LogP) is 3.69. The van der Waals surface area contributed by atoms with E-state index in [1.54, 1.807) is 24.3 Å². The number of hydrogen-bond acceptors (Lipinski definition) is 17. The van der Waals surface area contributed by atoms with Gasteiger partial charge >= 0.3 is 71.6 Å². The lowest BCUT2D eigenvalue weighted by Crippen LogP contribution is -2.13. The van der Waals surface area contributed by atoms with Crippen molar-refractivity contribution in [1.82, 2.24) is 0 Å². The Hall–Kier alpha value is -9.54. The molecule has 1 fully saturated rings. The molecule has 0 spiro atoms. The number of ketones is 2. The number of Topliss-reactive ketones (excluding diaryl/α,β-unsaturated/α-hetero) is 1. The summed E-state index contributed by atoms with van der Waals surface area (Å²) in [6, 6.07) is 16.6. The molecule has 0 aliphatic carbocycles. The standard InChI is InChI=1S/C17H10O9.C10H6O4.C8H4O3.C4H6O4.C4H4O3/c18-13(7-1-3-9(14(19)20)11(5-7)16(23)24)8-2-4-10(15(21)22)12(6-8)17(25)26;1-5(11)6-2-3-7-8(4-6)10(13)14-9(7)12;9-7-5-3-1-2-4-6(5)8(10)11-7;5-3(6)1-2-4(7)8;5-3-1-2-4(6)7-3/h1-6H,(H,19,20)(H,21,22)(H,23,24)(H,25,26);2-4H,1H3;1-4H;1-2H2,(H,5,6)(H,7,8);1-2H2. The third-order valence-corrected chi connectivity index (χ3v) is 8.40. The summed E-state index contributed by atoms with van der Waals surface area (Å²) in [6.45, 7) is 1.39. The van der Waals surface area contributed by atoms with E-state index in [9.17, 15) is 67.1 Å². The predicted molar refractivity (Wildman–Crippen MR) is 211 cm³/mol. The number of carboxylic acids is 6. The molecule has 3 aliphatic rings. The SMILES string of the molecule is CC(=O)c1ccc2c(c1)C(=O)OC2=O.O=C(O)CCC(=O)O.O=C(c1ccc(C(=O)O)c(C(=O)O)c1)c1ccc(C(=O)O)c(C(=O)O)c1.O=C1CCC(=O)O1.O=C1OC(=O)c2ccccc21. The molecule has 3 aliphatic heterocycles. The van der Waals surface area contributed by atoms with Gasteiger partial charge in [-0.15, -0.1) is 0 Å². The van der Waals surface area contributed by atoms with Gasteiger partial charge in [-0.1, -0.05) is 30.3 Å². The number of benzene rings is 4. The minimum Gasteiger partial charge on any atom is -0.481 e. The Kier molecular flexibility index (Phi) is 17.3. The average Bonchev–Trinajstić information content (AvgIpc) is 3.90. The van der Waals surface area contributed by atoms with Gasteiger partial charge in [0.15, 0.2) is 11.6 Å². The summed E-state index contributed by atoms with van der Waals surface area (Å²) in [5.41, 5.74) is -1.11. The number of carboxylic acid groups (broad SMARTS) is 6. The summed E-state index contributed by atoms with van der Waals surface area (Å²) in [4.78, 5) is 151. The Morgan fingerprint density at radius 3 is 1.09 bits per heavy atom. The van der Waals surface area contributed by atoms with E-state index in [1.807, 2.05) is 0 Å². The maximum Gasteiger partial charge on any atom is 0.346 e. The molecule has 7 rings (SSSR count). The number of hydrogen-bond donors (Lipinski definition) is 6. The van der Waals surface area contributed by atoms with Gasteiger partial charge in [0.2, 0.25) is 0 Å². The molecule has 0 aromatic heterocycles. The molecular weight excluding hydrogens is 884 g/mol. The molecule has 3 heterocycles. The van der Waals surface area contributed by atoms with Crippen molar-refractivity contribution in [3.8, 4) is 0 Å². The smallest absolute Gasteiger partial charge is 0.346 e. The van der Waals surface area contributed by atoms with E-state index >= 15 is 0 Å². The number of rotatable bonds is 10. The van der Waals surface area contributed by atoms with Crippen LogP contribution in [0.2, 0.25) is 0 Å². The van der Waals surface area contributed by atoms with E-state index in [4.69, 9.17) is 30.6 Å². The summed E-state index contributed by atoms with van der Waals surface area (Å²) in [6.07, 6.45) is -0.0671. The Morgan fingerprint density at radius 1 is 0.424 bits per heavy atom. The van der Waals surface area contributed by atoms with E-state index in [-0.39, 0.29) is 53.7 Å². The molecule has 66 heavy (non-hydrogen) atoms. The lowest BCUT2D eigenvalue weighted by Gasteiger charge is -2.08. The molecule has 0 radical (unpaired) electrons. The van der Waals surface area contributed by atoms with Gasteiger partial charge in [-0.05, 0) is 55.5 Å². The number of aliphatic carboxylic acids is 2. The zero-order valence-electron chi connectivity index (χ0n) is 33.5. The maximum atomic E-state index is 12.5. The second-order valence-corrected chi connectivity index (χ2v) is 12.9. The van der Waals surface area contributed by atoms with Crippen molar-refractivity contribution < 1.29 is 112 Å². The Morgan fingerprint density at radius 2 is 0.773 bits per heavy atom. The van der Waals surface area contributed by atoms with Crippen LogP contribution >= 0.6 is 0 Å². The van der Waals surface area contributed by atoms with Crippen LogP contribution in [0.5, 0.6) is 0 Å². The Balaban J connectivity index is 0.000000242. The van der Waals surface area contributed by atoms with Gasteiger partial charge < -0.3 is 44.8 Å². The van der Waals surface area contributed by atoms with Crippen LogP contribution in [0.4, 0.5) is 0 Å². The first-order valence-electron chi connectivity index (χ1n) is 18.1. The third kappa shape index (κ3) is 13.7. The van der Waals surface area contributed by atoms with Crippen molar-refractivity contribution in [2.75, 3.05) is 0 Å². The quantitative estimate of drug-likeness (QED) is 0.0571. The molecule has 340 valence electrons. The maximum absolute atomic E-state index is 12.5. The van der Waals surface area contributed by atoms with Crippen molar-refractivity contribution in [2.45, 2.75) is 32.6 Å². The molecule has 0 bridgehead atoms. The number of cyclic esters (lactones) is 6. The molecular formula is C43H30O23. The fourth-order valence-corrected chi connectivity index (χ4v) is 5.25. The fourth-order valence-electron chi connectivity index (χ4n) is 5.25. The molecule has 0 unspecified atom stereocenters. The number of aromatic carboxylic acids is 4. The summed E-state index contributed by atoms with van der Waals surface area (Å²) >= 11 is 0. The van der Waals surface area contributed by atoms with Crippen LogP contribution in [0.25, 0.3) is 0 Å². The van der Waals surface area contributed by atoms with Crippen LogP contribution in [-0.4, -0.2) is 114 Å². The Labute approximate surface area is 367 Å². The van der Waals surface area contributed by atoms with Gasteiger partial charge in [-0.25, -0.2) is 38.4 Å². The molecule has 1 saturated heterocycles. The molecule has 0 saturated carbocycles. The second kappa shape index (κ2) is 22.5. The van der Waals surface area contributed by atoms with Crippen LogP contribution in [-0.2, 0) is 33.4 Å². The first-order chi connectivity index (χ1) is 30.9. The van der Waals surface area contributed by atoms with Crippen LogP contribution < -0.4 is 0 Å². The number of esters is 6. The average molecular weight is 915 g/mol. The number of carbonyl (C=O) groups excluding carboxylic acids is 8. The first kappa shape index (κ1) is 50.8. The van der Waals surface area contributed by atoms with Gasteiger partial charge in [0.05, 0.1) is 70.2 Å². The molecule has 4 aromatic rings. The minimum absolute atomic E-state index is 0.153. The van der Waals surface area contributed by atoms with E-state index in [0.717, 1.165) is 36.4 Å². The molecule has 0 atom stereocenters. The second-order valence-electron chi connectivity index (χ2n) is 12.9. The molecule has 23 nitrogen and oxygen atoms in total. The normalized spacial score (nSPS) is 12.5. The summed E-state index contributed by atoms with van der Waals surface area (Å²) in [7, 11) is 0. The van der Waals surface area contributed by atoms with E-state index < -0.39 is 99.7 Å². The molecule has 0 amide bonds. The lowest BCUT2D eigenvalue weighted by molar-refractivity contribution is -0.152. The molecule has 4 aromatic carbocycles. The molecule has 23 heteroatoms. The number of carbonyl (C=O) groups is 14. The van der Waals surface area contributed by atoms with Gasteiger partial charge in [0, 0.05) is 16.7 Å². The number of ether oxygens (including phenoxy) is 3. The van der Waals surface area contributed by atoms with E-state index in [0.29, 0.717) is 16.7 Å². The lowest BCUT2D eigenvalue weighted by atomic mass is 9.95. The number of fused-ring (bicyclic) bond motifs is 2. The Bertz CT molecular complexity index is 2620. The van der Waals surface area contributed by atoms with Gasteiger partial charge in [-0.3, -0.25) is 28.8 Å². The van der Waals surface area contributed by atoms with Crippen LogP contribution in [0.15, 0.2) is 78.9 Å². The highest BCUT2D eigenvalue weighted by Gasteiger charge is 2.30. The summed E-state index contributed by atoms with van der Waals surface area (Å²) in [5.74, 6) is -12.4. The van der Waals surface area contributed by atoms with Crippen molar-refractivity contribution in [1.29, 1.82) is 0 Å². The first-order valence-corrected chi connectivity index (χ1v) is 18.1. The van der Waals surface area contributed by atoms with Crippen molar-refractivity contribution >= 4 is 83.2 Å². The topological polar surface area (TPSA) is 388 Å². The van der Waals surface area contributed by atoms with Crippen LogP contribution in [0.3, 0.4) is 0 Å². The minimum atomic E-state index is -1.55. The van der Waals surface area contributed by atoms with Crippen molar-refractivity contribution in [3.05, 3.63) is 140 Å². The highest BCUT2D eigenvalue weighted by Crippen LogP contribution is 2.22. The van der Waals surface area contributed by atoms with Crippen molar-refractivity contribution in [3.63, 3.8) is 0 Å². The van der Waals surface area contributed by atoms with Crippen LogP contribution in [0, 0.1) is 0 Å². The van der Waals surface area contributed by atoms with Gasteiger partial charge in [0.1, 0.15) is 0 Å². The van der Waals surface area contributed by atoms with E-state index in [2.05, 4.69) is 14.2 Å². The summed E-state index contributed by atoms with van der Waals surface area (Å²) < 4.78 is 12.8. The van der Waals surface area contributed by atoms with Crippen LogP contribution in [0.1, 0.15) is 142 Å². The largest absolute Gasteiger partial charge is 0.481 e. The zero-order valence-corrected chi connectivity index (χ0v) is 33.5. The van der Waals surface area contributed by atoms with Gasteiger partial charge in [-0.2, -0.15) is 0 Å². The highest BCUT2D eigenvalue weighted by molar-refractivity contribution is 6.16. The monoisotopic (exact) mass is 914 g/mol. The third-order valence-electron chi connectivity index (χ3n) is 8.40. The van der Waals surface area contributed by atoms with E-state index in [1.165, 1.54) is 25.1 Å².